The first-order valence-corrected chi connectivity index (χ1v) is 6.52. The SMILES string of the molecule is COC(=O)CCNCc1cc(C(C)C)ccc1OC. The molecule has 0 unspecified atom stereocenters. The van der Waals surface area contributed by atoms with Crippen molar-refractivity contribution in [3.05, 3.63) is 29.3 Å². The van der Waals surface area contributed by atoms with E-state index in [1.165, 1.54) is 12.7 Å². The lowest BCUT2D eigenvalue weighted by molar-refractivity contribution is -0.140. The van der Waals surface area contributed by atoms with Gasteiger partial charge in [-0.2, -0.15) is 0 Å². The number of carbonyl (C=O) groups excluding carboxylic acids is 1. The molecule has 0 amide bonds. The Bertz CT molecular complexity index is 416. The molecule has 0 aromatic heterocycles. The van der Waals surface area contributed by atoms with Gasteiger partial charge in [-0.25, -0.2) is 0 Å². The van der Waals surface area contributed by atoms with Crippen LogP contribution in [0.2, 0.25) is 0 Å². The molecule has 0 aliphatic rings. The maximum Gasteiger partial charge on any atom is 0.306 e. The van der Waals surface area contributed by atoms with Crippen molar-refractivity contribution >= 4 is 5.97 Å². The first kappa shape index (κ1) is 15.5. The van der Waals surface area contributed by atoms with Crippen LogP contribution >= 0.6 is 0 Å². The summed E-state index contributed by atoms with van der Waals surface area (Å²) in [5.41, 5.74) is 2.39. The molecule has 19 heavy (non-hydrogen) atoms. The first-order chi connectivity index (χ1) is 9.08. The summed E-state index contributed by atoms with van der Waals surface area (Å²) < 4.78 is 9.94. The number of carbonyl (C=O) groups is 1. The number of methoxy groups -OCH3 is 2. The van der Waals surface area contributed by atoms with Crippen LogP contribution in [0.15, 0.2) is 18.2 Å². The number of hydrogen-bond donors (Lipinski definition) is 1. The highest BCUT2D eigenvalue weighted by molar-refractivity contribution is 5.69. The van der Waals surface area contributed by atoms with Gasteiger partial charge in [0, 0.05) is 18.7 Å². The number of esters is 1. The first-order valence-electron chi connectivity index (χ1n) is 6.52. The standard InChI is InChI=1S/C15H23NO3/c1-11(2)12-5-6-14(18-3)13(9-12)10-16-8-7-15(17)19-4/h5-6,9,11,16H,7-8,10H2,1-4H3. The third kappa shape index (κ3) is 4.91. The number of rotatable bonds is 7. The van der Waals surface area contributed by atoms with Crippen LogP contribution in [0, 0.1) is 0 Å². The van der Waals surface area contributed by atoms with E-state index in [0.29, 0.717) is 25.4 Å². The smallest absolute Gasteiger partial charge is 0.306 e. The van der Waals surface area contributed by atoms with Crippen molar-refractivity contribution in [3.8, 4) is 5.75 Å². The lowest BCUT2D eigenvalue weighted by Crippen LogP contribution is -2.19. The summed E-state index contributed by atoms with van der Waals surface area (Å²) >= 11 is 0. The summed E-state index contributed by atoms with van der Waals surface area (Å²) in [5.74, 6) is 1.16. The van der Waals surface area contributed by atoms with Crippen molar-refractivity contribution in [1.82, 2.24) is 5.32 Å². The zero-order chi connectivity index (χ0) is 14.3. The molecule has 0 spiro atoms. The Morgan fingerprint density at radius 3 is 2.63 bits per heavy atom. The minimum absolute atomic E-state index is 0.199. The summed E-state index contributed by atoms with van der Waals surface area (Å²) in [5, 5.41) is 3.23. The van der Waals surface area contributed by atoms with Crippen LogP contribution in [0.1, 0.15) is 37.3 Å². The summed E-state index contributed by atoms with van der Waals surface area (Å²) in [6, 6.07) is 6.22. The molecular formula is C15H23NO3. The zero-order valence-corrected chi connectivity index (χ0v) is 12.2. The van der Waals surface area contributed by atoms with Crippen LogP contribution in [0.4, 0.5) is 0 Å². The molecule has 0 atom stereocenters. The number of hydrogen-bond acceptors (Lipinski definition) is 4. The molecule has 4 heteroatoms. The Morgan fingerprint density at radius 2 is 2.05 bits per heavy atom. The van der Waals surface area contributed by atoms with Crippen LogP contribution in [0.5, 0.6) is 5.75 Å². The van der Waals surface area contributed by atoms with Gasteiger partial charge in [-0.3, -0.25) is 4.79 Å². The minimum Gasteiger partial charge on any atom is -0.496 e. The van der Waals surface area contributed by atoms with Crippen molar-refractivity contribution in [2.45, 2.75) is 32.7 Å². The molecule has 0 bridgehead atoms. The van der Waals surface area contributed by atoms with Crippen LogP contribution < -0.4 is 10.1 Å². The fourth-order valence-corrected chi connectivity index (χ4v) is 1.81. The largest absolute Gasteiger partial charge is 0.496 e. The third-order valence-corrected chi connectivity index (χ3v) is 3.02. The summed E-state index contributed by atoms with van der Waals surface area (Å²) in [4.78, 5) is 11.0. The molecule has 1 aromatic carbocycles. The van der Waals surface area contributed by atoms with Gasteiger partial charge < -0.3 is 14.8 Å². The van der Waals surface area contributed by atoms with Gasteiger partial charge in [0.05, 0.1) is 20.6 Å². The van der Waals surface area contributed by atoms with E-state index in [1.54, 1.807) is 7.11 Å². The van der Waals surface area contributed by atoms with Crippen LogP contribution in [0.25, 0.3) is 0 Å². The summed E-state index contributed by atoms with van der Waals surface area (Å²) in [6.07, 6.45) is 0.378. The minimum atomic E-state index is -0.199. The van der Waals surface area contributed by atoms with Crippen LogP contribution in [0.3, 0.4) is 0 Å². The van der Waals surface area contributed by atoms with E-state index in [9.17, 15) is 4.79 Å². The molecule has 0 heterocycles. The Hall–Kier alpha value is -1.55. The number of benzene rings is 1. The van der Waals surface area contributed by atoms with Crippen molar-refractivity contribution in [2.75, 3.05) is 20.8 Å². The van der Waals surface area contributed by atoms with E-state index in [2.05, 4.69) is 36.0 Å². The average Bonchev–Trinajstić information content (AvgIpc) is 2.42. The molecule has 1 N–H and O–H groups in total. The maximum atomic E-state index is 11.0. The second kappa shape index (κ2) is 7.79. The molecule has 4 nitrogen and oxygen atoms in total. The Morgan fingerprint density at radius 1 is 1.32 bits per heavy atom. The van der Waals surface area contributed by atoms with Crippen LogP contribution in [-0.4, -0.2) is 26.7 Å². The molecule has 0 saturated carbocycles. The van der Waals surface area contributed by atoms with Gasteiger partial charge in [0.15, 0.2) is 0 Å². The second-order valence-electron chi connectivity index (χ2n) is 4.73. The Balaban J connectivity index is 2.60. The lowest BCUT2D eigenvalue weighted by Gasteiger charge is -2.13. The zero-order valence-electron chi connectivity index (χ0n) is 12.2. The van der Waals surface area contributed by atoms with Gasteiger partial charge in [-0.15, -0.1) is 0 Å². The highest BCUT2D eigenvalue weighted by Crippen LogP contribution is 2.23. The van der Waals surface area contributed by atoms with E-state index in [1.807, 2.05) is 6.07 Å². The lowest BCUT2D eigenvalue weighted by atomic mass is 10.0. The molecule has 0 aliphatic carbocycles. The predicted octanol–water partition coefficient (Wildman–Crippen LogP) is 2.47. The maximum absolute atomic E-state index is 11.0. The normalized spacial score (nSPS) is 10.6. The molecular weight excluding hydrogens is 242 g/mol. The topological polar surface area (TPSA) is 47.6 Å². The van der Waals surface area contributed by atoms with E-state index >= 15 is 0 Å². The molecule has 0 saturated heterocycles. The van der Waals surface area contributed by atoms with Gasteiger partial charge in [-0.1, -0.05) is 26.0 Å². The molecule has 0 aliphatic heterocycles. The highest BCUT2D eigenvalue weighted by atomic mass is 16.5. The van der Waals surface area contributed by atoms with E-state index < -0.39 is 0 Å². The fourth-order valence-electron chi connectivity index (χ4n) is 1.81. The van der Waals surface area contributed by atoms with Gasteiger partial charge in [0.2, 0.25) is 0 Å². The monoisotopic (exact) mass is 265 g/mol. The number of ether oxygens (including phenoxy) is 2. The Kier molecular flexibility index (Phi) is 6.36. The molecule has 0 radical (unpaired) electrons. The quantitative estimate of drug-likeness (QED) is 0.608. The molecule has 1 aromatic rings. The molecule has 0 fully saturated rings. The van der Waals surface area contributed by atoms with E-state index in [-0.39, 0.29) is 5.97 Å². The second-order valence-corrected chi connectivity index (χ2v) is 4.73. The van der Waals surface area contributed by atoms with Crippen molar-refractivity contribution in [3.63, 3.8) is 0 Å². The summed E-state index contributed by atoms with van der Waals surface area (Å²) in [7, 11) is 3.07. The van der Waals surface area contributed by atoms with Gasteiger partial charge in [0.25, 0.3) is 0 Å². The number of nitrogens with one attached hydrogen (secondary N) is 1. The predicted molar refractivity (Wildman–Crippen MR) is 75.4 cm³/mol. The van der Waals surface area contributed by atoms with Gasteiger partial charge in [0.1, 0.15) is 5.75 Å². The molecule has 106 valence electrons. The van der Waals surface area contributed by atoms with Gasteiger partial charge >= 0.3 is 5.97 Å². The van der Waals surface area contributed by atoms with Crippen molar-refractivity contribution in [1.29, 1.82) is 0 Å². The average molecular weight is 265 g/mol. The Labute approximate surface area is 115 Å². The third-order valence-electron chi connectivity index (χ3n) is 3.02. The van der Waals surface area contributed by atoms with E-state index in [0.717, 1.165) is 11.3 Å². The van der Waals surface area contributed by atoms with Crippen LogP contribution in [-0.2, 0) is 16.1 Å². The fraction of sp³-hybridized carbons (Fsp3) is 0.533. The summed E-state index contributed by atoms with van der Waals surface area (Å²) in [6.45, 7) is 5.61. The van der Waals surface area contributed by atoms with Crippen molar-refractivity contribution in [2.24, 2.45) is 0 Å². The van der Waals surface area contributed by atoms with Crippen molar-refractivity contribution < 1.29 is 14.3 Å². The molecule has 1 rings (SSSR count). The van der Waals surface area contributed by atoms with Gasteiger partial charge in [-0.05, 0) is 17.5 Å². The van der Waals surface area contributed by atoms with E-state index in [4.69, 9.17) is 4.74 Å². The highest BCUT2D eigenvalue weighted by Gasteiger charge is 2.07.